The van der Waals surface area contributed by atoms with Gasteiger partial charge in [0.05, 0.1) is 6.20 Å². The highest BCUT2D eigenvalue weighted by atomic mass is 16.2. The lowest BCUT2D eigenvalue weighted by Crippen LogP contribution is -2.28. The van der Waals surface area contributed by atoms with Crippen molar-refractivity contribution in [2.75, 3.05) is 5.32 Å². The summed E-state index contributed by atoms with van der Waals surface area (Å²) in [5.41, 5.74) is 2.09. The smallest absolute Gasteiger partial charge is 0.319 e. The topological polar surface area (TPSA) is 76.0 Å². The fourth-order valence-electron chi connectivity index (χ4n) is 1.84. The number of aromatic nitrogens is 2. The molecule has 1 heterocycles. The maximum Gasteiger partial charge on any atom is 0.319 e. The van der Waals surface area contributed by atoms with Crippen LogP contribution in [0.15, 0.2) is 36.7 Å². The van der Waals surface area contributed by atoms with Crippen LogP contribution in [0.4, 0.5) is 10.5 Å². The molecule has 0 saturated carbocycles. The molecular formula is C15H18N4O2. The van der Waals surface area contributed by atoms with E-state index in [4.69, 9.17) is 0 Å². The number of anilines is 1. The van der Waals surface area contributed by atoms with E-state index < -0.39 is 0 Å². The molecule has 0 aliphatic heterocycles. The van der Waals surface area contributed by atoms with Crippen LogP contribution >= 0.6 is 0 Å². The molecule has 21 heavy (non-hydrogen) atoms. The van der Waals surface area contributed by atoms with Crippen molar-refractivity contribution < 1.29 is 9.59 Å². The third kappa shape index (κ3) is 4.17. The van der Waals surface area contributed by atoms with Crippen LogP contribution in [-0.4, -0.2) is 21.6 Å². The van der Waals surface area contributed by atoms with Crippen molar-refractivity contribution in [3.8, 4) is 0 Å². The van der Waals surface area contributed by atoms with E-state index in [0.717, 1.165) is 12.1 Å². The van der Waals surface area contributed by atoms with Crippen LogP contribution in [0.1, 0.15) is 29.8 Å². The zero-order chi connectivity index (χ0) is 15.2. The molecule has 0 aliphatic carbocycles. The van der Waals surface area contributed by atoms with Crippen LogP contribution < -0.4 is 10.6 Å². The number of rotatable bonds is 5. The van der Waals surface area contributed by atoms with Crippen molar-refractivity contribution in [3.63, 3.8) is 0 Å². The van der Waals surface area contributed by atoms with Gasteiger partial charge in [0.1, 0.15) is 0 Å². The van der Waals surface area contributed by atoms with Gasteiger partial charge < -0.3 is 10.6 Å². The quantitative estimate of drug-likeness (QED) is 0.829. The number of urea groups is 1. The Morgan fingerprint density at radius 3 is 2.81 bits per heavy atom. The monoisotopic (exact) mass is 286 g/mol. The number of hydrogen-bond donors (Lipinski definition) is 2. The van der Waals surface area contributed by atoms with Gasteiger partial charge >= 0.3 is 6.03 Å². The molecule has 2 N–H and O–H groups in total. The largest absolute Gasteiger partial charge is 0.334 e. The summed E-state index contributed by atoms with van der Waals surface area (Å²) in [7, 11) is 0. The minimum absolute atomic E-state index is 0.0361. The van der Waals surface area contributed by atoms with Crippen molar-refractivity contribution in [2.24, 2.45) is 0 Å². The molecule has 2 aromatic rings. The highest BCUT2D eigenvalue weighted by molar-refractivity contribution is 5.96. The molecule has 1 aromatic heterocycles. The van der Waals surface area contributed by atoms with Gasteiger partial charge in [0.2, 0.25) is 0 Å². The first-order chi connectivity index (χ1) is 10.1. The van der Waals surface area contributed by atoms with E-state index in [9.17, 15) is 9.59 Å². The predicted octanol–water partition coefficient (Wildman–Crippen LogP) is 2.43. The van der Waals surface area contributed by atoms with E-state index >= 15 is 0 Å². The Bertz CT molecular complexity index is 649. The lowest BCUT2D eigenvalue weighted by atomic mass is 10.1. The number of nitrogens with zero attached hydrogens (tertiary/aromatic N) is 2. The van der Waals surface area contributed by atoms with Crippen molar-refractivity contribution >= 4 is 17.5 Å². The van der Waals surface area contributed by atoms with Crippen LogP contribution in [0, 0.1) is 0 Å². The van der Waals surface area contributed by atoms with Crippen LogP contribution in [-0.2, 0) is 13.1 Å². The molecule has 0 bridgehead atoms. The van der Waals surface area contributed by atoms with Gasteiger partial charge in [0, 0.05) is 36.1 Å². The minimum atomic E-state index is -0.319. The number of Topliss-reactive ketones (excluding diaryl/α,β-unsaturated/α-hetero) is 1. The van der Waals surface area contributed by atoms with Crippen LogP contribution in [0.2, 0.25) is 0 Å². The Balaban J connectivity index is 1.89. The van der Waals surface area contributed by atoms with Gasteiger partial charge in [-0.2, -0.15) is 5.10 Å². The van der Waals surface area contributed by atoms with E-state index in [2.05, 4.69) is 15.7 Å². The van der Waals surface area contributed by atoms with E-state index in [-0.39, 0.29) is 11.8 Å². The fourth-order valence-corrected chi connectivity index (χ4v) is 1.84. The number of carbonyl (C=O) groups excluding carboxylic acids is 2. The zero-order valence-electron chi connectivity index (χ0n) is 12.1. The number of amides is 2. The normalized spacial score (nSPS) is 10.2. The zero-order valence-corrected chi connectivity index (χ0v) is 12.1. The Labute approximate surface area is 123 Å². The molecular weight excluding hydrogens is 268 g/mol. The summed E-state index contributed by atoms with van der Waals surface area (Å²) in [5.74, 6) is -0.0361. The molecule has 0 atom stereocenters. The Morgan fingerprint density at radius 2 is 2.14 bits per heavy atom. The highest BCUT2D eigenvalue weighted by Gasteiger charge is 2.05. The summed E-state index contributed by atoms with van der Waals surface area (Å²) in [4.78, 5) is 23.1. The van der Waals surface area contributed by atoms with Gasteiger partial charge in [0.25, 0.3) is 0 Å². The van der Waals surface area contributed by atoms with Crippen molar-refractivity contribution in [3.05, 3.63) is 47.8 Å². The van der Waals surface area contributed by atoms with Gasteiger partial charge in [-0.05, 0) is 26.0 Å². The van der Waals surface area contributed by atoms with Gasteiger partial charge in [-0.25, -0.2) is 4.79 Å². The molecule has 0 aliphatic rings. The molecule has 0 saturated heterocycles. The van der Waals surface area contributed by atoms with E-state index in [1.165, 1.54) is 6.92 Å². The molecule has 1 aromatic carbocycles. The molecule has 2 amide bonds. The summed E-state index contributed by atoms with van der Waals surface area (Å²) in [6, 6.07) is 6.51. The minimum Gasteiger partial charge on any atom is -0.334 e. The summed E-state index contributed by atoms with van der Waals surface area (Å²) in [6.07, 6.45) is 3.61. The molecule has 110 valence electrons. The number of carbonyl (C=O) groups is 2. The number of hydrogen-bond acceptors (Lipinski definition) is 3. The fraction of sp³-hybridized carbons (Fsp3) is 0.267. The molecule has 0 fully saturated rings. The first-order valence-electron chi connectivity index (χ1n) is 6.75. The van der Waals surface area contributed by atoms with E-state index in [1.54, 1.807) is 35.1 Å². The highest BCUT2D eigenvalue weighted by Crippen LogP contribution is 2.11. The van der Waals surface area contributed by atoms with Gasteiger partial charge in [-0.1, -0.05) is 12.1 Å². The predicted molar refractivity (Wildman–Crippen MR) is 80.2 cm³/mol. The maximum absolute atomic E-state index is 11.8. The maximum atomic E-state index is 11.8. The SMILES string of the molecule is CCn1cc(CNC(=O)Nc2cccc(C(C)=O)c2)cn1. The Kier molecular flexibility index (Phi) is 4.71. The Morgan fingerprint density at radius 1 is 1.33 bits per heavy atom. The molecule has 0 spiro atoms. The molecule has 0 radical (unpaired) electrons. The number of ketones is 1. The third-order valence-corrected chi connectivity index (χ3v) is 2.99. The molecule has 2 rings (SSSR count). The van der Waals surface area contributed by atoms with Crippen LogP contribution in [0.5, 0.6) is 0 Å². The molecule has 6 nitrogen and oxygen atoms in total. The number of benzene rings is 1. The van der Waals surface area contributed by atoms with E-state index in [1.807, 2.05) is 13.1 Å². The summed E-state index contributed by atoms with van der Waals surface area (Å²) < 4.78 is 1.80. The summed E-state index contributed by atoms with van der Waals surface area (Å²) in [5, 5.41) is 9.58. The van der Waals surface area contributed by atoms with E-state index in [0.29, 0.717) is 17.8 Å². The second-order valence-electron chi connectivity index (χ2n) is 4.65. The van der Waals surface area contributed by atoms with Crippen molar-refractivity contribution in [1.82, 2.24) is 15.1 Å². The second kappa shape index (κ2) is 6.69. The van der Waals surface area contributed by atoms with Crippen molar-refractivity contribution in [1.29, 1.82) is 0 Å². The molecule has 0 unspecified atom stereocenters. The third-order valence-electron chi connectivity index (χ3n) is 2.99. The second-order valence-corrected chi connectivity index (χ2v) is 4.65. The van der Waals surface area contributed by atoms with Crippen LogP contribution in [0.3, 0.4) is 0 Å². The average Bonchev–Trinajstić information content (AvgIpc) is 2.93. The molecule has 6 heteroatoms. The Hall–Kier alpha value is -2.63. The lowest BCUT2D eigenvalue weighted by molar-refractivity contribution is 0.101. The van der Waals surface area contributed by atoms with Crippen molar-refractivity contribution in [2.45, 2.75) is 26.9 Å². The first-order valence-corrected chi connectivity index (χ1v) is 6.75. The van der Waals surface area contributed by atoms with Gasteiger partial charge in [0.15, 0.2) is 5.78 Å². The summed E-state index contributed by atoms with van der Waals surface area (Å²) in [6.45, 7) is 4.69. The standard InChI is InChI=1S/C15H18N4O2/c1-3-19-10-12(9-17-19)8-16-15(21)18-14-6-4-5-13(7-14)11(2)20/h4-7,9-10H,3,8H2,1-2H3,(H2,16,18,21). The summed E-state index contributed by atoms with van der Waals surface area (Å²) >= 11 is 0. The van der Waals surface area contributed by atoms with Gasteiger partial charge in [-0.3, -0.25) is 9.48 Å². The average molecular weight is 286 g/mol. The number of aryl methyl sites for hydroxylation is 1. The first kappa shape index (κ1) is 14.8. The lowest BCUT2D eigenvalue weighted by Gasteiger charge is -2.07. The van der Waals surface area contributed by atoms with Crippen LogP contribution in [0.25, 0.3) is 0 Å². The van der Waals surface area contributed by atoms with Gasteiger partial charge in [-0.15, -0.1) is 0 Å². The number of nitrogens with one attached hydrogen (secondary N) is 2.